The monoisotopic (exact) mass is 366 g/mol. The Balaban J connectivity index is 1.57. The molecule has 132 valence electrons. The predicted octanol–water partition coefficient (Wildman–Crippen LogP) is 0.646. The second-order valence-corrected chi connectivity index (χ2v) is 5.76. The van der Waals surface area contributed by atoms with Gasteiger partial charge in [-0.1, -0.05) is 16.8 Å². The minimum atomic E-state index is -1.02. The molecule has 2 aromatic rings. The first-order valence-electron chi connectivity index (χ1n) is 7.47. The first kappa shape index (κ1) is 17.0. The summed E-state index contributed by atoms with van der Waals surface area (Å²) in [5.41, 5.74) is 1.16. The summed E-state index contributed by atoms with van der Waals surface area (Å²) in [6.45, 7) is 0.744. The van der Waals surface area contributed by atoms with E-state index in [0.29, 0.717) is 41.0 Å². The van der Waals surface area contributed by atoms with Crippen LogP contribution in [0.5, 0.6) is 11.5 Å². The molecule has 1 aromatic carbocycles. The summed E-state index contributed by atoms with van der Waals surface area (Å²) in [5, 5.41) is 19.2. The van der Waals surface area contributed by atoms with Gasteiger partial charge < -0.3 is 19.9 Å². The molecule has 1 aliphatic rings. The number of aliphatic carboxylic acids is 1. The Hall–Kier alpha value is -2.81. The highest BCUT2D eigenvalue weighted by Gasteiger charge is 2.17. The van der Waals surface area contributed by atoms with Crippen LogP contribution in [0.15, 0.2) is 18.3 Å². The average Bonchev–Trinajstić information content (AvgIpc) is 3.00. The highest BCUT2D eigenvalue weighted by atomic mass is 35.5. The molecular formula is C15H15ClN4O5. The van der Waals surface area contributed by atoms with Crippen LogP contribution in [0.2, 0.25) is 5.02 Å². The van der Waals surface area contributed by atoms with Crippen molar-refractivity contribution in [2.75, 3.05) is 13.2 Å². The van der Waals surface area contributed by atoms with Crippen LogP contribution in [0.1, 0.15) is 11.3 Å². The maximum atomic E-state index is 12.1. The number of rotatable bonds is 6. The number of carboxylic acids is 1. The smallest absolute Gasteiger partial charge is 0.325 e. The van der Waals surface area contributed by atoms with Gasteiger partial charge in [-0.3, -0.25) is 9.59 Å². The number of carbonyl (C=O) groups is 2. The second kappa shape index (κ2) is 7.39. The van der Waals surface area contributed by atoms with E-state index in [4.69, 9.17) is 26.2 Å². The Labute approximate surface area is 147 Å². The van der Waals surface area contributed by atoms with Crippen molar-refractivity contribution < 1.29 is 24.2 Å². The normalized spacial score (nSPS) is 12.7. The number of ether oxygens (including phenoxy) is 2. The van der Waals surface area contributed by atoms with Crippen molar-refractivity contribution in [1.82, 2.24) is 20.3 Å². The van der Waals surface area contributed by atoms with E-state index in [-0.39, 0.29) is 25.4 Å². The van der Waals surface area contributed by atoms with Crippen LogP contribution in [0.4, 0.5) is 0 Å². The summed E-state index contributed by atoms with van der Waals surface area (Å²) >= 11 is 6.14. The molecule has 25 heavy (non-hydrogen) atoms. The summed E-state index contributed by atoms with van der Waals surface area (Å²) in [4.78, 5) is 22.7. The van der Waals surface area contributed by atoms with Crippen molar-refractivity contribution in [3.63, 3.8) is 0 Å². The maximum absolute atomic E-state index is 12.1. The number of benzene rings is 1. The molecule has 0 atom stereocenters. The quantitative estimate of drug-likeness (QED) is 0.770. The van der Waals surface area contributed by atoms with E-state index in [0.717, 1.165) is 0 Å². The van der Waals surface area contributed by atoms with Gasteiger partial charge in [-0.15, -0.1) is 5.10 Å². The third-order valence-corrected chi connectivity index (χ3v) is 3.65. The average molecular weight is 367 g/mol. The van der Waals surface area contributed by atoms with Gasteiger partial charge in [-0.05, 0) is 17.7 Å². The molecule has 0 aliphatic carbocycles. The molecule has 0 saturated heterocycles. The van der Waals surface area contributed by atoms with Crippen LogP contribution in [0.25, 0.3) is 0 Å². The van der Waals surface area contributed by atoms with E-state index >= 15 is 0 Å². The van der Waals surface area contributed by atoms with Gasteiger partial charge in [0.25, 0.3) is 0 Å². The summed E-state index contributed by atoms with van der Waals surface area (Å²) < 4.78 is 12.1. The van der Waals surface area contributed by atoms with Crippen LogP contribution in [0.3, 0.4) is 0 Å². The maximum Gasteiger partial charge on any atom is 0.325 e. The van der Waals surface area contributed by atoms with E-state index in [2.05, 4.69) is 15.6 Å². The molecule has 1 aliphatic heterocycles. The second-order valence-electron chi connectivity index (χ2n) is 5.36. The fourth-order valence-corrected chi connectivity index (χ4v) is 2.63. The van der Waals surface area contributed by atoms with Gasteiger partial charge in [-0.25, -0.2) is 4.68 Å². The Morgan fingerprint density at radius 2 is 2.12 bits per heavy atom. The van der Waals surface area contributed by atoms with Gasteiger partial charge in [0.05, 0.1) is 24.2 Å². The zero-order valence-electron chi connectivity index (χ0n) is 13.1. The molecule has 2 N–H and O–H groups in total. The molecule has 10 heteroatoms. The molecular weight excluding hydrogens is 352 g/mol. The van der Waals surface area contributed by atoms with Crippen LogP contribution < -0.4 is 14.8 Å². The summed E-state index contributed by atoms with van der Waals surface area (Å²) in [6.07, 6.45) is 1.58. The van der Waals surface area contributed by atoms with E-state index in [1.807, 2.05) is 0 Å². The van der Waals surface area contributed by atoms with Gasteiger partial charge in [0.1, 0.15) is 25.5 Å². The Bertz CT molecular complexity index is 807. The molecule has 3 rings (SSSR count). The van der Waals surface area contributed by atoms with E-state index in [9.17, 15) is 9.59 Å². The molecule has 2 heterocycles. The fraction of sp³-hybridized carbons (Fsp3) is 0.333. The number of carboxylic acid groups (broad SMARTS) is 1. The number of fused-ring (bicyclic) bond motifs is 1. The molecule has 0 unspecified atom stereocenters. The minimum absolute atomic E-state index is 0.111. The van der Waals surface area contributed by atoms with Gasteiger partial charge >= 0.3 is 5.97 Å². The fourth-order valence-electron chi connectivity index (χ4n) is 2.34. The van der Waals surface area contributed by atoms with Gasteiger partial charge in [0, 0.05) is 0 Å². The lowest BCUT2D eigenvalue weighted by molar-refractivity contribution is -0.138. The lowest BCUT2D eigenvalue weighted by atomic mass is 10.1. The Kier molecular flexibility index (Phi) is 5.03. The van der Waals surface area contributed by atoms with Gasteiger partial charge in [0.2, 0.25) is 5.91 Å². The van der Waals surface area contributed by atoms with Gasteiger partial charge in [-0.2, -0.15) is 0 Å². The molecule has 0 spiro atoms. The number of amides is 1. The molecule has 0 bridgehead atoms. The largest absolute Gasteiger partial charge is 0.486 e. The van der Waals surface area contributed by atoms with Crippen LogP contribution in [0, 0.1) is 0 Å². The Morgan fingerprint density at radius 1 is 1.32 bits per heavy atom. The van der Waals surface area contributed by atoms with Crippen molar-refractivity contribution in [2.45, 2.75) is 19.5 Å². The standard InChI is InChI=1S/C15H15ClN4O5/c16-11-3-9(4-12-15(11)25-2-1-24-12)5-13(21)17-6-10-7-20(19-18-10)8-14(22)23/h3-4,7H,1-2,5-6,8H2,(H,17,21)(H,22,23). The summed E-state index contributed by atoms with van der Waals surface area (Å²) in [7, 11) is 0. The molecule has 0 saturated carbocycles. The predicted molar refractivity (Wildman–Crippen MR) is 85.7 cm³/mol. The van der Waals surface area contributed by atoms with Crippen LogP contribution in [-0.4, -0.2) is 45.2 Å². The first-order chi connectivity index (χ1) is 12.0. The molecule has 0 fully saturated rings. The van der Waals surface area contributed by atoms with Crippen molar-refractivity contribution in [3.05, 3.63) is 34.6 Å². The topological polar surface area (TPSA) is 116 Å². The van der Waals surface area contributed by atoms with Crippen LogP contribution >= 0.6 is 11.6 Å². The third kappa shape index (κ3) is 4.38. The zero-order chi connectivity index (χ0) is 17.8. The molecule has 1 amide bonds. The van der Waals surface area contributed by atoms with Crippen molar-refractivity contribution in [2.24, 2.45) is 0 Å². The van der Waals surface area contributed by atoms with E-state index < -0.39 is 5.97 Å². The van der Waals surface area contributed by atoms with Crippen molar-refractivity contribution >= 4 is 23.5 Å². The third-order valence-electron chi connectivity index (χ3n) is 3.37. The van der Waals surface area contributed by atoms with Gasteiger partial charge in [0.15, 0.2) is 11.5 Å². The number of halogens is 1. The first-order valence-corrected chi connectivity index (χ1v) is 7.84. The number of carbonyl (C=O) groups excluding carboxylic acids is 1. The Morgan fingerprint density at radius 3 is 2.92 bits per heavy atom. The number of hydrogen-bond donors (Lipinski definition) is 2. The molecule has 0 radical (unpaired) electrons. The van der Waals surface area contributed by atoms with Crippen molar-refractivity contribution in [3.8, 4) is 11.5 Å². The minimum Gasteiger partial charge on any atom is -0.486 e. The molecule has 1 aromatic heterocycles. The molecule has 9 nitrogen and oxygen atoms in total. The number of aromatic nitrogens is 3. The highest BCUT2D eigenvalue weighted by Crippen LogP contribution is 2.38. The number of hydrogen-bond acceptors (Lipinski definition) is 6. The van der Waals surface area contributed by atoms with Crippen LogP contribution in [-0.2, 0) is 29.1 Å². The summed E-state index contributed by atoms with van der Waals surface area (Å²) in [6, 6.07) is 3.39. The highest BCUT2D eigenvalue weighted by molar-refractivity contribution is 6.32. The lowest BCUT2D eigenvalue weighted by Gasteiger charge is -2.20. The van der Waals surface area contributed by atoms with Crippen molar-refractivity contribution in [1.29, 1.82) is 0 Å². The SMILES string of the molecule is O=C(O)Cn1cc(CNC(=O)Cc2cc(Cl)c3c(c2)OCCO3)nn1. The van der Waals surface area contributed by atoms with E-state index in [1.54, 1.807) is 12.1 Å². The van der Waals surface area contributed by atoms with E-state index in [1.165, 1.54) is 10.9 Å². The summed E-state index contributed by atoms with van der Waals surface area (Å²) in [5.74, 6) is -0.234. The lowest BCUT2D eigenvalue weighted by Crippen LogP contribution is -2.25. The zero-order valence-corrected chi connectivity index (χ0v) is 13.8. The number of nitrogens with one attached hydrogen (secondary N) is 1. The number of nitrogens with zero attached hydrogens (tertiary/aromatic N) is 3.